The van der Waals surface area contributed by atoms with Crippen molar-refractivity contribution in [1.82, 2.24) is 0 Å². The Kier molecular flexibility index (Phi) is 3.77. The molecular formula is C11H13FO2. The van der Waals surface area contributed by atoms with E-state index in [-0.39, 0.29) is 18.2 Å². The molecule has 1 aromatic carbocycles. The van der Waals surface area contributed by atoms with Crippen molar-refractivity contribution in [2.45, 2.75) is 13.8 Å². The van der Waals surface area contributed by atoms with Gasteiger partial charge in [0.05, 0.1) is 0 Å². The standard InChI is InChI=1S/C11H13FO2/c1-3-14-7-11(13)10-5-4-9(12)6-8(10)2/h4-6H,3,7H2,1-2H3. The number of hydrogen-bond acceptors (Lipinski definition) is 2. The maximum atomic E-state index is 12.7. The number of carbonyl (C=O) groups excluding carboxylic acids is 1. The first-order valence-corrected chi connectivity index (χ1v) is 4.52. The average Bonchev–Trinajstić information content (AvgIpc) is 2.14. The molecule has 0 aliphatic heterocycles. The van der Waals surface area contributed by atoms with E-state index in [0.717, 1.165) is 0 Å². The predicted octanol–water partition coefficient (Wildman–Crippen LogP) is 2.35. The summed E-state index contributed by atoms with van der Waals surface area (Å²) in [6, 6.07) is 4.12. The van der Waals surface area contributed by atoms with Crippen molar-refractivity contribution in [3.8, 4) is 0 Å². The molecule has 76 valence electrons. The van der Waals surface area contributed by atoms with Crippen molar-refractivity contribution >= 4 is 5.78 Å². The fraction of sp³-hybridized carbons (Fsp3) is 0.364. The summed E-state index contributed by atoms with van der Waals surface area (Å²) in [4.78, 5) is 11.5. The molecule has 2 nitrogen and oxygen atoms in total. The zero-order valence-electron chi connectivity index (χ0n) is 8.34. The molecule has 14 heavy (non-hydrogen) atoms. The Morgan fingerprint density at radius 2 is 2.21 bits per heavy atom. The number of ether oxygens (including phenoxy) is 1. The monoisotopic (exact) mass is 196 g/mol. The summed E-state index contributed by atoms with van der Waals surface area (Å²) in [6.45, 7) is 4.10. The Hall–Kier alpha value is -1.22. The number of rotatable bonds is 4. The summed E-state index contributed by atoms with van der Waals surface area (Å²) in [6.07, 6.45) is 0. The van der Waals surface area contributed by atoms with Crippen molar-refractivity contribution < 1.29 is 13.9 Å². The van der Waals surface area contributed by atoms with Gasteiger partial charge in [0.25, 0.3) is 0 Å². The van der Waals surface area contributed by atoms with Gasteiger partial charge in [0, 0.05) is 12.2 Å². The first-order chi connectivity index (χ1) is 6.65. The molecule has 0 fully saturated rings. The van der Waals surface area contributed by atoms with Gasteiger partial charge in [0.2, 0.25) is 0 Å². The molecule has 0 aliphatic rings. The van der Waals surface area contributed by atoms with E-state index in [1.54, 1.807) is 6.92 Å². The fourth-order valence-corrected chi connectivity index (χ4v) is 1.21. The Morgan fingerprint density at radius 3 is 2.79 bits per heavy atom. The van der Waals surface area contributed by atoms with Gasteiger partial charge in [-0.15, -0.1) is 0 Å². The molecule has 0 saturated heterocycles. The second kappa shape index (κ2) is 4.86. The molecule has 0 amide bonds. The number of carbonyl (C=O) groups is 1. The molecule has 0 saturated carbocycles. The van der Waals surface area contributed by atoms with Crippen LogP contribution in [0.5, 0.6) is 0 Å². The molecule has 0 aromatic heterocycles. The summed E-state index contributed by atoms with van der Waals surface area (Å²) < 4.78 is 17.7. The van der Waals surface area contributed by atoms with Gasteiger partial charge in [-0.1, -0.05) is 0 Å². The van der Waals surface area contributed by atoms with Crippen molar-refractivity contribution in [3.05, 3.63) is 35.1 Å². The molecule has 0 radical (unpaired) electrons. The van der Waals surface area contributed by atoms with E-state index in [1.165, 1.54) is 18.2 Å². The molecular weight excluding hydrogens is 183 g/mol. The third kappa shape index (κ3) is 2.64. The SMILES string of the molecule is CCOCC(=O)c1ccc(F)cc1C. The quantitative estimate of drug-likeness (QED) is 0.691. The molecule has 0 aliphatic carbocycles. The van der Waals surface area contributed by atoms with Crippen LogP contribution in [-0.4, -0.2) is 19.0 Å². The topological polar surface area (TPSA) is 26.3 Å². The highest BCUT2D eigenvalue weighted by atomic mass is 19.1. The van der Waals surface area contributed by atoms with Gasteiger partial charge in [0.15, 0.2) is 5.78 Å². The minimum atomic E-state index is -0.324. The van der Waals surface area contributed by atoms with E-state index in [0.29, 0.717) is 17.7 Å². The summed E-state index contributed by atoms with van der Waals surface area (Å²) in [5.41, 5.74) is 1.18. The van der Waals surface area contributed by atoms with Crippen LogP contribution in [0.4, 0.5) is 4.39 Å². The van der Waals surface area contributed by atoms with Gasteiger partial charge < -0.3 is 4.74 Å². The smallest absolute Gasteiger partial charge is 0.188 e. The summed E-state index contributed by atoms with van der Waals surface area (Å²) in [5.74, 6) is -0.431. The zero-order valence-corrected chi connectivity index (χ0v) is 8.34. The molecule has 0 N–H and O–H groups in total. The van der Waals surface area contributed by atoms with Gasteiger partial charge in [-0.05, 0) is 37.6 Å². The van der Waals surface area contributed by atoms with Gasteiger partial charge in [-0.25, -0.2) is 4.39 Å². The average molecular weight is 196 g/mol. The maximum Gasteiger partial charge on any atom is 0.188 e. The molecule has 3 heteroatoms. The predicted molar refractivity (Wildman–Crippen MR) is 52.0 cm³/mol. The fourth-order valence-electron chi connectivity index (χ4n) is 1.21. The van der Waals surface area contributed by atoms with Gasteiger partial charge in [0.1, 0.15) is 12.4 Å². The number of Topliss-reactive ketones (excluding diaryl/α,β-unsaturated/α-hetero) is 1. The highest BCUT2D eigenvalue weighted by molar-refractivity contribution is 5.98. The third-order valence-electron chi connectivity index (χ3n) is 1.93. The molecule has 1 rings (SSSR count). The minimum absolute atomic E-state index is 0.0585. The number of ketones is 1. The summed E-state index contributed by atoms with van der Waals surface area (Å²) >= 11 is 0. The number of halogens is 1. The van der Waals surface area contributed by atoms with Crippen LogP contribution >= 0.6 is 0 Å². The van der Waals surface area contributed by atoms with Crippen molar-refractivity contribution in [2.24, 2.45) is 0 Å². The van der Waals surface area contributed by atoms with Crippen LogP contribution < -0.4 is 0 Å². The molecule has 0 heterocycles. The van der Waals surface area contributed by atoms with Crippen LogP contribution in [0, 0.1) is 12.7 Å². The molecule has 0 atom stereocenters. The van der Waals surface area contributed by atoms with E-state index in [2.05, 4.69) is 0 Å². The molecule has 0 unspecified atom stereocenters. The Morgan fingerprint density at radius 1 is 1.50 bits per heavy atom. The highest BCUT2D eigenvalue weighted by Crippen LogP contribution is 2.10. The second-order valence-corrected chi connectivity index (χ2v) is 3.02. The largest absolute Gasteiger partial charge is 0.374 e. The van der Waals surface area contributed by atoms with Crippen LogP contribution in [-0.2, 0) is 4.74 Å². The lowest BCUT2D eigenvalue weighted by molar-refractivity contribution is 0.0782. The Labute approximate surface area is 82.7 Å². The maximum absolute atomic E-state index is 12.7. The Bertz CT molecular complexity index is 334. The van der Waals surface area contributed by atoms with Crippen LogP contribution in [0.1, 0.15) is 22.8 Å². The van der Waals surface area contributed by atoms with Crippen molar-refractivity contribution in [1.29, 1.82) is 0 Å². The summed E-state index contributed by atoms with van der Waals surface area (Å²) in [5, 5.41) is 0. The lowest BCUT2D eigenvalue weighted by atomic mass is 10.1. The first kappa shape index (κ1) is 10.9. The minimum Gasteiger partial charge on any atom is -0.374 e. The van der Waals surface area contributed by atoms with Gasteiger partial charge in [-0.3, -0.25) is 4.79 Å². The van der Waals surface area contributed by atoms with Crippen molar-refractivity contribution in [3.63, 3.8) is 0 Å². The number of hydrogen-bond donors (Lipinski definition) is 0. The van der Waals surface area contributed by atoms with Crippen LogP contribution in [0.25, 0.3) is 0 Å². The molecule has 1 aromatic rings. The van der Waals surface area contributed by atoms with Crippen LogP contribution in [0.3, 0.4) is 0 Å². The van der Waals surface area contributed by atoms with E-state index in [9.17, 15) is 9.18 Å². The number of benzene rings is 1. The Balaban J connectivity index is 2.80. The summed E-state index contributed by atoms with van der Waals surface area (Å²) in [7, 11) is 0. The second-order valence-electron chi connectivity index (χ2n) is 3.02. The molecule has 0 spiro atoms. The zero-order chi connectivity index (χ0) is 10.6. The van der Waals surface area contributed by atoms with Crippen LogP contribution in [0.2, 0.25) is 0 Å². The lowest BCUT2D eigenvalue weighted by Crippen LogP contribution is -2.10. The van der Waals surface area contributed by atoms with Crippen LogP contribution in [0.15, 0.2) is 18.2 Å². The molecule has 0 bridgehead atoms. The van der Waals surface area contributed by atoms with Gasteiger partial charge in [-0.2, -0.15) is 0 Å². The van der Waals surface area contributed by atoms with E-state index >= 15 is 0 Å². The van der Waals surface area contributed by atoms with E-state index in [4.69, 9.17) is 4.74 Å². The van der Waals surface area contributed by atoms with Gasteiger partial charge >= 0.3 is 0 Å². The van der Waals surface area contributed by atoms with E-state index < -0.39 is 0 Å². The first-order valence-electron chi connectivity index (χ1n) is 4.52. The lowest BCUT2D eigenvalue weighted by Gasteiger charge is -2.04. The number of aryl methyl sites for hydroxylation is 1. The van der Waals surface area contributed by atoms with E-state index in [1.807, 2.05) is 6.92 Å². The normalized spacial score (nSPS) is 10.2. The third-order valence-corrected chi connectivity index (χ3v) is 1.93. The van der Waals surface area contributed by atoms with Crippen molar-refractivity contribution in [2.75, 3.05) is 13.2 Å². The highest BCUT2D eigenvalue weighted by Gasteiger charge is 2.08.